The van der Waals surface area contributed by atoms with Crippen LogP contribution in [0.2, 0.25) is 0 Å². The van der Waals surface area contributed by atoms with E-state index in [1.54, 1.807) is 6.07 Å². The van der Waals surface area contributed by atoms with Crippen LogP contribution in [0.15, 0.2) is 59.2 Å². The first-order valence-corrected chi connectivity index (χ1v) is 9.19. The van der Waals surface area contributed by atoms with Crippen LogP contribution in [0.4, 0.5) is 0 Å². The largest absolute Gasteiger partial charge is 0.508 e. The Hall–Kier alpha value is -3.28. The highest BCUT2D eigenvalue weighted by molar-refractivity contribution is 5.87. The zero-order valence-corrected chi connectivity index (χ0v) is 15.7. The van der Waals surface area contributed by atoms with E-state index in [9.17, 15) is 14.7 Å². The molecule has 1 heterocycles. The van der Waals surface area contributed by atoms with Crippen LogP contribution in [0.25, 0.3) is 11.0 Å². The maximum Gasteiger partial charge on any atom is 0.310 e. The van der Waals surface area contributed by atoms with E-state index in [2.05, 4.69) is 17.4 Å². The van der Waals surface area contributed by atoms with E-state index >= 15 is 0 Å². The van der Waals surface area contributed by atoms with Crippen molar-refractivity contribution < 1.29 is 23.8 Å². The Bertz CT molecular complexity index is 948. The predicted octanol–water partition coefficient (Wildman–Crippen LogP) is 3.36. The molecule has 6 nitrogen and oxygen atoms in total. The van der Waals surface area contributed by atoms with Crippen molar-refractivity contribution >= 4 is 22.8 Å². The second-order valence-electron chi connectivity index (χ2n) is 6.77. The molecule has 0 aliphatic rings. The molecule has 1 amide bonds. The maximum atomic E-state index is 12.0. The molecule has 2 N–H and O–H groups in total. The third kappa shape index (κ3) is 5.36. The molecule has 146 valence electrons. The zero-order chi connectivity index (χ0) is 19.9. The standard InChI is InChI=1S/C22H23NO5/c1-15(7-8-16-5-3-2-4-6-16)23-21(25)14-28-22(26)11-17-13-27-20-12-18(24)9-10-19(17)20/h2-6,9-10,12-13,15,24H,7-8,11,14H2,1H3,(H,23,25)/t15-/m0/s1. The lowest BCUT2D eigenvalue weighted by atomic mass is 10.1. The lowest BCUT2D eigenvalue weighted by Gasteiger charge is -2.14. The van der Waals surface area contributed by atoms with Gasteiger partial charge in [0.05, 0.1) is 12.7 Å². The first-order chi connectivity index (χ1) is 13.5. The van der Waals surface area contributed by atoms with Gasteiger partial charge in [0.1, 0.15) is 11.3 Å². The average Bonchev–Trinajstić information content (AvgIpc) is 3.07. The molecule has 0 aliphatic carbocycles. The number of hydrogen-bond donors (Lipinski definition) is 2. The molecular formula is C22H23NO5. The molecule has 0 saturated heterocycles. The average molecular weight is 381 g/mol. The summed E-state index contributed by atoms with van der Waals surface area (Å²) in [6, 6.07) is 14.7. The van der Waals surface area contributed by atoms with Crippen LogP contribution in [-0.4, -0.2) is 29.6 Å². The van der Waals surface area contributed by atoms with Crippen molar-refractivity contribution in [3.05, 3.63) is 65.9 Å². The van der Waals surface area contributed by atoms with E-state index in [1.165, 1.54) is 24.0 Å². The minimum absolute atomic E-state index is 0.00534. The highest BCUT2D eigenvalue weighted by Gasteiger charge is 2.14. The summed E-state index contributed by atoms with van der Waals surface area (Å²) in [4.78, 5) is 24.0. The SMILES string of the molecule is C[C@@H](CCc1ccccc1)NC(=O)COC(=O)Cc1coc2cc(O)ccc12. The molecule has 0 bridgehead atoms. The third-order valence-electron chi connectivity index (χ3n) is 4.45. The van der Waals surface area contributed by atoms with Gasteiger partial charge in [-0.3, -0.25) is 9.59 Å². The summed E-state index contributed by atoms with van der Waals surface area (Å²) < 4.78 is 10.4. The van der Waals surface area contributed by atoms with Crippen LogP contribution in [0.1, 0.15) is 24.5 Å². The molecule has 2 aromatic carbocycles. The van der Waals surface area contributed by atoms with Crippen molar-refractivity contribution in [2.45, 2.75) is 32.2 Å². The quantitative estimate of drug-likeness (QED) is 0.584. The number of aromatic hydroxyl groups is 1. The minimum Gasteiger partial charge on any atom is -0.508 e. The third-order valence-corrected chi connectivity index (χ3v) is 4.45. The van der Waals surface area contributed by atoms with Gasteiger partial charge in [-0.05, 0) is 37.5 Å². The number of rotatable bonds is 8. The number of fused-ring (bicyclic) bond motifs is 1. The molecule has 1 atom stereocenters. The summed E-state index contributed by atoms with van der Waals surface area (Å²) in [5.41, 5.74) is 2.36. The van der Waals surface area contributed by atoms with Crippen molar-refractivity contribution in [1.82, 2.24) is 5.32 Å². The normalized spacial score (nSPS) is 11.9. The summed E-state index contributed by atoms with van der Waals surface area (Å²) in [6.45, 7) is 1.61. The predicted molar refractivity (Wildman–Crippen MR) is 105 cm³/mol. The van der Waals surface area contributed by atoms with Crippen molar-refractivity contribution in [3.8, 4) is 5.75 Å². The van der Waals surface area contributed by atoms with Crippen LogP contribution < -0.4 is 5.32 Å². The van der Waals surface area contributed by atoms with Gasteiger partial charge in [0.25, 0.3) is 5.91 Å². The number of nitrogens with one attached hydrogen (secondary N) is 1. The lowest BCUT2D eigenvalue weighted by molar-refractivity contribution is -0.148. The highest BCUT2D eigenvalue weighted by Crippen LogP contribution is 2.25. The van der Waals surface area contributed by atoms with E-state index in [0.717, 1.165) is 18.2 Å². The molecule has 3 aromatic rings. The fraction of sp³-hybridized carbons (Fsp3) is 0.273. The van der Waals surface area contributed by atoms with Crippen molar-refractivity contribution in [3.63, 3.8) is 0 Å². The fourth-order valence-corrected chi connectivity index (χ4v) is 2.98. The Morgan fingerprint density at radius 2 is 1.96 bits per heavy atom. The number of hydrogen-bond acceptors (Lipinski definition) is 5. The van der Waals surface area contributed by atoms with Gasteiger partial charge in [0.15, 0.2) is 6.61 Å². The summed E-state index contributed by atoms with van der Waals surface area (Å²) in [5.74, 6) is -0.743. The number of benzene rings is 2. The van der Waals surface area contributed by atoms with Gasteiger partial charge in [0.2, 0.25) is 0 Å². The number of amides is 1. The summed E-state index contributed by atoms with van der Waals surface area (Å²) >= 11 is 0. The molecular weight excluding hydrogens is 358 g/mol. The fourth-order valence-electron chi connectivity index (χ4n) is 2.98. The van der Waals surface area contributed by atoms with Gasteiger partial charge in [-0.25, -0.2) is 0 Å². The number of aryl methyl sites for hydroxylation is 1. The number of carbonyl (C=O) groups excluding carboxylic acids is 2. The Kier molecular flexibility index (Phi) is 6.32. The van der Waals surface area contributed by atoms with Gasteiger partial charge in [-0.15, -0.1) is 0 Å². The van der Waals surface area contributed by atoms with Gasteiger partial charge in [-0.1, -0.05) is 30.3 Å². The van der Waals surface area contributed by atoms with Gasteiger partial charge in [0, 0.05) is 23.1 Å². The molecule has 0 radical (unpaired) electrons. The lowest BCUT2D eigenvalue weighted by Crippen LogP contribution is -2.36. The Morgan fingerprint density at radius 1 is 1.18 bits per heavy atom. The van der Waals surface area contributed by atoms with Crippen molar-refractivity contribution in [2.75, 3.05) is 6.61 Å². The molecule has 0 spiro atoms. The van der Waals surface area contributed by atoms with Gasteiger partial charge >= 0.3 is 5.97 Å². The van der Waals surface area contributed by atoms with Crippen LogP contribution in [0, 0.1) is 0 Å². The van der Waals surface area contributed by atoms with E-state index in [0.29, 0.717) is 11.1 Å². The molecule has 28 heavy (non-hydrogen) atoms. The van der Waals surface area contributed by atoms with Gasteiger partial charge in [-0.2, -0.15) is 0 Å². The van der Waals surface area contributed by atoms with Crippen LogP contribution in [0.5, 0.6) is 5.75 Å². The Morgan fingerprint density at radius 3 is 2.75 bits per heavy atom. The highest BCUT2D eigenvalue weighted by atomic mass is 16.5. The van der Waals surface area contributed by atoms with E-state index in [4.69, 9.17) is 9.15 Å². The Balaban J connectivity index is 1.41. The second-order valence-corrected chi connectivity index (χ2v) is 6.77. The first-order valence-electron chi connectivity index (χ1n) is 9.19. The number of esters is 1. The molecule has 6 heteroatoms. The van der Waals surface area contributed by atoms with Crippen LogP contribution in [-0.2, 0) is 27.2 Å². The van der Waals surface area contributed by atoms with Crippen molar-refractivity contribution in [1.29, 1.82) is 0 Å². The number of furan rings is 1. The van der Waals surface area contributed by atoms with Crippen molar-refractivity contribution in [2.24, 2.45) is 0 Å². The number of phenolic OH excluding ortho intramolecular Hbond substituents is 1. The first kappa shape index (κ1) is 19.5. The number of ether oxygens (including phenoxy) is 1. The minimum atomic E-state index is -0.511. The maximum absolute atomic E-state index is 12.0. The molecule has 1 aromatic heterocycles. The summed E-state index contributed by atoms with van der Waals surface area (Å²) in [6.07, 6.45) is 3.12. The van der Waals surface area contributed by atoms with Gasteiger partial charge < -0.3 is 19.6 Å². The molecule has 0 aliphatic heterocycles. The van der Waals surface area contributed by atoms with E-state index < -0.39 is 5.97 Å². The molecule has 0 saturated carbocycles. The number of carbonyl (C=O) groups is 2. The summed E-state index contributed by atoms with van der Waals surface area (Å²) in [5, 5.41) is 13.0. The monoisotopic (exact) mass is 381 g/mol. The Labute approximate surface area is 163 Å². The smallest absolute Gasteiger partial charge is 0.310 e. The second kappa shape index (κ2) is 9.08. The molecule has 3 rings (SSSR count). The topological polar surface area (TPSA) is 88.8 Å². The van der Waals surface area contributed by atoms with Crippen LogP contribution >= 0.6 is 0 Å². The summed E-state index contributed by atoms with van der Waals surface area (Å²) in [7, 11) is 0. The molecule has 0 fully saturated rings. The van der Waals surface area contributed by atoms with E-state index in [1.807, 2.05) is 25.1 Å². The van der Waals surface area contributed by atoms with Crippen LogP contribution in [0.3, 0.4) is 0 Å². The molecule has 0 unspecified atom stereocenters. The van der Waals surface area contributed by atoms with E-state index in [-0.39, 0.29) is 30.7 Å². The number of phenols is 1. The zero-order valence-electron chi connectivity index (χ0n) is 15.7.